The van der Waals surface area contributed by atoms with Crippen LogP contribution in [0.1, 0.15) is 34.1 Å². The first-order valence-corrected chi connectivity index (χ1v) is 11.4. The van der Waals surface area contributed by atoms with Crippen LogP contribution in [-0.2, 0) is 4.74 Å². The fourth-order valence-electron chi connectivity index (χ4n) is 4.64. The van der Waals surface area contributed by atoms with Gasteiger partial charge in [0.25, 0.3) is 11.6 Å². The van der Waals surface area contributed by atoms with Gasteiger partial charge in [-0.15, -0.1) is 0 Å². The number of amides is 1. The van der Waals surface area contributed by atoms with Crippen LogP contribution in [0.2, 0.25) is 5.02 Å². The zero-order valence-corrected chi connectivity index (χ0v) is 19.0. The number of carbonyl (C=O) groups excluding carboxylic acids is 1. The quantitative estimate of drug-likeness (QED) is 0.389. The highest BCUT2D eigenvalue weighted by Crippen LogP contribution is 2.39. The number of nitrogens with zero attached hydrogens (tertiary/aromatic N) is 3. The lowest BCUT2D eigenvalue weighted by atomic mass is 9.98. The summed E-state index contributed by atoms with van der Waals surface area (Å²) in [6.45, 7) is 4.24. The molecule has 0 radical (unpaired) electrons. The predicted octanol–water partition coefficient (Wildman–Crippen LogP) is 3.62. The van der Waals surface area contributed by atoms with Crippen molar-refractivity contribution in [3.63, 3.8) is 0 Å². The standard InChI is InChI=1S/C24H22ClN3O6/c25-16-4-7-19-18(14-16)22(29)20-21(15-2-5-17(6-3-15)28(31)32)27(24(30)23(20)34-19)9-1-8-26-10-12-33-13-11-26/h2-7,14,21H,1,8-13H2/t21-/m1/s1. The fourth-order valence-corrected chi connectivity index (χ4v) is 4.81. The van der Waals surface area contributed by atoms with E-state index in [1.807, 2.05) is 0 Å². The smallest absolute Gasteiger partial charge is 0.290 e. The monoisotopic (exact) mass is 483 g/mol. The second-order valence-corrected chi connectivity index (χ2v) is 8.81. The van der Waals surface area contributed by atoms with Crippen LogP contribution in [0.25, 0.3) is 11.0 Å². The van der Waals surface area contributed by atoms with E-state index in [1.165, 1.54) is 18.2 Å². The second-order valence-electron chi connectivity index (χ2n) is 8.37. The molecule has 2 aromatic carbocycles. The maximum absolute atomic E-state index is 13.5. The molecule has 1 atom stereocenters. The summed E-state index contributed by atoms with van der Waals surface area (Å²) in [5, 5.41) is 11.8. The summed E-state index contributed by atoms with van der Waals surface area (Å²) in [6, 6.07) is 9.94. The van der Waals surface area contributed by atoms with Crippen LogP contribution in [0.4, 0.5) is 5.69 Å². The molecule has 1 saturated heterocycles. The predicted molar refractivity (Wildman–Crippen MR) is 125 cm³/mol. The second kappa shape index (κ2) is 9.17. The fraction of sp³-hybridized carbons (Fsp3) is 0.333. The Morgan fingerprint density at radius 3 is 2.50 bits per heavy atom. The lowest BCUT2D eigenvalue weighted by Gasteiger charge is -2.29. The van der Waals surface area contributed by atoms with E-state index in [0.717, 1.165) is 19.6 Å². The summed E-state index contributed by atoms with van der Waals surface area (Å²) in [6.07, 6.45) is 0.697. The molecule has 0 saturated carbocycles. The van der Waals surface area contributed by atoms with Gasteiger partial charge in [0.05, 0.1) is 35.1 Å². The van der Waals surface area contributed by atoms with Gasteiger partial charge in [0.15, 0.2) is 5.43 Å². The zero-order valence-electron chi connectivity index (χ0n) is 18.2. The number of morpholine rings is 1. The molecular weight excluding hydrogens is 462 g/mol. The van der Waals surface area contributed by atoms with Gasteiger partial charge < -0.3 is 14.1 Å². The van der Waals surface area contributed by atoms with E-state index >= 15 is 0 Å². The number of ether oxygens (including phenoxy) is 1. The molecule has 1 fully saturated rings. The molecule has 0 spiro atoms. The van der Waals surface area contributed by atoms with Gasteiger partial charge in [0.2, 0.25) is 5.76 Å². The number of fused-ring (bicyclic) bond motifs is 2. The molecule has 10 heteroatoms. The minimum Gasteiger partial charge on any atom is -0.450 e. The topological polar surface area (TPSA) is 106 Å². The highest BCUT2D eigenvalue weighted by Gasteiger charge is 2.42. The average molecular weight is 484 g/mol. The number of carbonyl (C=O) groups is 1. The number of nitro groups is 1. The Morgan fingerprint density at radius 2 is 1.79 bits per heavy atom. The number of hydrogen-bond acceptors (Lipinski definition) is 7. The van der Waals surface area contributed by atoms with Gasteiger partial charge in [-0.3, -0.25) is 24.6 Å². The molecule has 3 heterocycles. The Bertz CT molecular complexity index is 1320. The summed E-state index contributed by atoms with van der Waals surface area (Å²) < 4.78 is 11.3. The van der Waals surface area contributed by atoms with Crippen molar-refractivity contribution in [2.45, 2.75) is 12.5 Å². The molecule has 176 valence electrons. The number of nitro benzene ring substituents is 1. The molecule has 1 aromatic heterocycles. The van der Waals surface area contributed by atoms with Crippen LogP contribution >= 0.6 is 11.6 Å². The molecule has 34 heavy (non-hydrogen) atoms. The van der Waals surface area contributed by atoms with E-state index in [4.69, 9.17) is 20.8 Å². The first-order chi connectivity index (χ1) is 16.4. The van der Waals surface area contributed by atoms with Gasteiger partial charge in [-0.25, -0.2) is 0 Å². The number of hydrogen-bond donors (Lipinski definition) is 0. The Labute approximate surface area is 199 Å². The summed E-state index contributed by atoms with van der Waals surface area (Å²) in [7, 11) is 0. The molecule has 3 aromatic rings. The first kappa shape index (κ1) is 22.5. The van der Waals surface area contributed by atoms with Crippen molar-refractivity contribution in [1.29, 1.82) is 0 Å². The van der Waals surface area contributed by atoms with Crippen molar-refractivity contribution in [2.75, 3.05) is 39.4 Å². The minimum atomic E-state index is -0.701. The van der Waals surface area contributed by atoms with Gasteiger partial charge in [0, 0.05) is 43.3 Å². The highest BCUT2D eigenvalue weighted by atomic mass is 35.5. The van der Waals surface area contributed by atoms with Crippen LogP contribution in [0.3, 0.4) is 0 Å². The molecule has 0 bridgehead atoms. The highest BCUT2D eigenvalue weighted by molar-refractivity contribution is 6.31. The van der Waals surface area contributed by atoms with Crippen molar-refractivity contribution in [3.8, 4) is 0 Å². The summed E-state index contributed by atoms with van der Waals surface area (Å²) in [4.78, 5) is 41.5. The summed E-state index contributed by atoms with van der Waals surface area (Å²) in [5.74, 6) is -0.358. The first-order valence-electron chi connectivity index (χ1n) is 11.1. The lowest BCUT2D eigenvalue weighted by molar-refractivity contribution is -0.384. The lowest BCUT2D eigenvalue weighted by Crippen LogP contribution is -2.38. The maximum atomic E-state index is 13.5. The molecule has 2 aliphatic heterocycles. The average Bonchev–Trinajstić information content (AvgIpc) is 3.12. The number of rotatable bonds is 6. The number of non-ortho nitro benzene ring substituents is 1. The van der Waals surface area contributed by atoms with Crippen LogP contribution in [0.15, 0.2) is 51.7 Å². The third kappa shape index (κ3) is 4.06. The van der Waals surface area contributed by atoms with E-state index in [-0.39, 0.29) is 28.3 Å². The third-order valence-electron chi connectivity index (χ3n) is 6.32. The van der Waals surface area contributed by atoms with E-state index < -0.39 is 11.0 Å². The van der Waals surface area contributed by atoms with Gasteiger partial charge in [0.1, 0.15) is 5.58 Å². The van der Waals surface area contributed by atoms with Crippen LogP contribution < -0.4 is 5.43 Å². The normalized spacial score (nSPS) is 18.4. The van der Waals surface area contributed by atoms with E-state index in [9.17, 15) is 19.7 Å². The largest absolute Gasteiger partial charge is 0.450 e. The van der Waals surface area contributed by atoms with E-state index in [1.54, 1.807) is 29.2 Å². The molecule has 0 N–H and O–H groups in total. The molecule has 0 aliphatic carbocycles. The Balaban J connectivity index is 1.54. The maximum Gasteiger partial charge on any atom is 0.290 e. The minimum absolute atomic E-state index is 0.00884. The van der Waals surface area contributed by atoms with Crippen molar-refractivity contribution < 1.29 is 18.9 Å². The van der Waals surface area contributed by atoms with E-state index in [2.05, 4.69) is 4.90 Å². The van der Waals surface area contributed by atoms with Crippen molar-refractivity contribution >= 4 is 34.2 Å². The van der Waals surface area contributed by atoms with Crippen molar-refractivity contribution in [3.05, 3.63) is 84.7 Å². The van der Waals surface area contributed by atoms with Gasteiger partial charge >= 0.3 is 0 Å². The molecule has 0 unspecified atom stereocenters. The third-order valence-corrected chi connectivity index (χ3v) is 6.56. The van der Waals surface area contributed by atoms with Gasteiger partial charge in [-0.2, -0.15) is 0 Å². The SMILES string of the molecule is O=C1c2oc3ccc(Cl)cc3c(=O)c2[C@@H](c2ccc([N+](=O)[O-])cc2)N1CCCN1CCOCC1. The van der Waals surface area contributed by atoms with Crippen molar-refractivity contribution in [1.82, 2.24) is 9.80 Å². The van der Waals surface area contributed by atoms with Gasteiger partial charge in [-0.1, -0.05) is 11.6 Å². The van der Waals surface area contributed by atoms with E-state index in [0.29, 0.717) is 47.7 Å². The Kier molecular flexibility index (Phi) is 6.07. The Hall–Kier alpha value is -3.27. The molecule has 2 aliphatic rings. The summed E-state index contributed by atoms with van der Waals surface area (Å²) in [5.41, 5.74) is 0.743. The van der Waals surface area contributed by atoms with Crippen molar-refractivity contribution in [2.24, 2.45) is 0 Å². The number of halogens is 1. The molecule has 1 amide bonds. The number of benzene rings is 2. The summed E-state index contributed by atoms with van der Waals surface area (Å²) >= 11 is 6.11. The van der Waals surface area contributed by atoms with Gasteiger partial charge in [-0.05, 0) is 42.3 Å². The zero-order chi connectivity index (χ0) is 23.8. The van der Waals surface area contributed by atoms with Crippen LogP contribution in [0, 0.1) is 10.1 Å². The molecular formula is C24H22ClN3O6. The molecule has 9 nitrogen and oxygen atoms in total. The Morgan fingerprint density at radius 1 is 1.06 bits per heavy atom. The van der Waals surface area contributed by atoms with Crippen LogP contribution in [0.5, 0.6) is 0 Å². The van der Waals surface area contributed by atoms with Crippen LogP contribution in [-0.4, -0.2) is 60.0 Å². The molecule has 5 rings (SSSR count).